The molecule has 0 unspecified atom stereocenters. The highest BCUT2D eigenvalue weighted by Gasteiger charge is 2.18. The number of aromatic nitrogens is 1. The number of primary amides is 1. The van der Waals surface area contributed by atoms with Gasteiger partial charge in [-0.2, -0.15) is 0 Å². The summed E-state index contributed by atoms with van der Waals surface area (Å²) < 4.78 is 0. The zero-order valence-electron chi connectivity index (χ0n) is 13.3. The van der Waals surface area contributed by atoms with E-state index in [0.29, 0.717) is 23.3 Å². The van der Waals surface area contributed by atoms with Gasteiger partial charge in [-0.25, -0.2) is 4.98 Å². The molecular weight excluding hydrogens is 252 g/mol. The van der Waals surface area contributed by atoms with Crippen molar-refractivity contribution in [1.82, 2.24) is 9.88 Å². The van der Waals surface area contributed by atoms with Crippen LogP contribution in [-0.2, 0) is 0 Å². The standard InChI is InChI=1S/C15H26N4O/c1-9(2)13(19(5)6)8-17-15-12(14(16)20)7-10(3)11(4)18-15/h7,9,13H,8H2,1-6H3,(H2,16,20)(H,17,18)/t13-/m0/s1. The van der Waals surface area contributed by atoms with Gasteiger partial charge in [0.1, 0.15) is 5.82 Å². The lowest BCUT2D eigenvalue weighted by molar-refractivity contribution is 0.100. The van der Waals surface area contributed by atoms with Gasteiger partial charge in [0.05, 0.1) is 5.56 Å². The minimum absolute atomic E-state index is 0.360. The van der Waals surface area contributed by atoms with Crippen LogP contribution in [0.4, 0.5) is 5.82 Å². The van der Waals surface area contributed by atoms with Crippen LogP contribution in [0.15, 0.2) is 6.07 Å². The maximum absolute atomic E-state index is 11.5. The van der Waals surface area contributed by atoms with E-state index in [2.05, 4.69) is 43.1 Å². The maximum Gasteiger partial charge on any atom is 0.252 e. The Morgan fingerprint density at radius 2 is 2.00 bits per heavy atom. The van der Waals surface area contributed by atoms with E-state index in [4.69, 9.17) is 5.73 Å². The maximum atomic E-state index is 11.5. The molecule has 5 nitrogen and oxygen atoms in total. The second kappa shape index (κ2) is 6.70. The number of nitrogens with two attached hydrogens (primary N) is 1. The van der Waals surface area contributed by atoms with Crippen LogP contribution in [0, 0.1) is 19.8 Å². The summed E-state index contributed by atoms with van der Waals surface area (Å²) in [4.78, 5) is 18.2. The van der Waals surface area contributed by atoms with Gasteiger partial charge >= 0.3 is 0 Å². The first kappa shape index (κ1) is 16.4. The summed E-state index contributed by atoms with van der Waals surface area (Å²) in [6.45, 7) is 8.93. The molecule has 0 saturated heterocycles. The van der Waals surface area contributed by atoms with Gasteiger partial charge in [0, 0.05) is 18.3 Å². The predicted molar refractivity (Wildman–Crippen MR) is 83.0 cm³/mol. The van der Waals surface area contributed by atoms with Gasteiger partial charge in [-0.3, -0.25) is 4.79 Å². The quantitative estimate of drug-likeness (QED) is 0.832. The van der Waals surface area contributed by atoms with E-state index >= 15 is 0 Å². The molecule has 0 radical (unpaired) electrons. The third-order valence-electron chi connectivity index (χ3n) is 3.64. The molecule has 3 N–H and O–H groups in total. The smallest absolute Gasteiger partial charge is 0.252 e. The molecule has 0 spiro atoms. The van der Waals surface area contributed by atoms with E-state index in [1.807, 2.05) is 13.8 Å². The largest absolute Gasteiger partial charge is 0.368 e. The van der Waals surface area contributed by atoms with Gasteiger partial charge in [-0.15, -0.1) is 0 Å². The monoisotopic (exact) mass is 278 g/mol. The molecule has 0 aliphatic rings. The number of rotatable bonds is 6. The number of nitrogens with zero attached hydrogens (tertiary/aromatic N) is 2. The summed E-state index contributed by atoms with van der Waals surface area (Å²) in [5.41, 5.74) is 7.76. The molecule has 1 heterocycles. The first-order chi connectivity index (χ1) is 9.23. The molecule has 112 valence electrons. The van der Waals surface area contributed by atoms with Gasteiger partial charge < -0.3 is 16.0 Å². The highest BCUT2D eigenvalue weighted by Crippen LogP contribution is 2.17. The third-order valence-corrected chi connectivity index (χ3v) is 3.64. The van der Waals surface area contributed by atoms with Crippen LogP contribution < -0.4 is 11.1 Å². The Morgan fingerprint density at radius 1 is 1.40 bits per heavy atom. The fourth-order valence-corrected chi connectivity index (χ4v) is 2.24. The Labute approximate surface area is 121 Å². The number of nitrogens with one attached hydrogen (secondary N) is 1. The van der Waals surface area contributed by atoms with Gasteiger partial charge in [-0.05, 0) is 45.5 Å². The lowest BCUT2D eigenvalue weighted by Crippen LogP contribution is -2.39. The first-order valence-electron chi connectivity index (χ1n) is 6.92. The van der Waals surface area contributed by atoms with Crippen LogP contribution in [0.5, 0.6) is 0 Å². The first-order valence-corrected chi connectivity index (χ1v) is 6.92. The molecule has 1 atom stereocenters. The van der Waals surface area contributed by atoms with Crippen LogP contribution in [0.1, 0.15) is 35.5 Å². The average Bonchev–Trinajstić information content (AvgIpc) is 2.32. The van der Waals surface area contributed by atoms with Gasteiger partial charge in [0.2, 0.25) is 0 Å². The Balaban J connectivity index is 2.97. The molecule has 1 aromatic heterocycles. The van der Waals surface area contributed by atoms with E-state index in [1.54, 1.807) is 6.07 Å². The summed E-state index contributed by atoms with van der Waals surface area (Å²) in [6.07, 6.45) is 0. The molecule has 1 aromatic rings. The van der Waals surface area contributed by atoms with E-state index in [0.717, 1.165) is 17.8 Å². The number of amides is 1. The van der Waals surface area contributed by atoms with Crippen LogP contribution in [0.3, 0.4) is 0 Å². The minimum Gasteiger partial charge on any atom is -0.368 e. The van der Waals surface area contributed by atoms with Crippen molar-refractivity contribution in [2.75, 3.05) is 26.0 Å². The number of hydrogen-bond donors (Lipinski definition) is 2. The molecule has 0 aliphatic carbocycles. The fourth-order valence-electron chi connectivity index (χ4n) is 2.24. The molecular formula is C15H26N4O. The van der Waals surface area contributed by atoms with Crippen LogP contribution >= 0.6 is 0 Å². The molecule has 0 aromatic carbocycles. The second-order valence-corrected chi connectivity index (χ2v) is 5.81. The number of anilines is 1. The highest BCUT2D eigenvalue weighted by molar-refractivity contribution is 5.97. The fraction of sp³-hybridized carbons (Fsp3) is 0.600. The van der Waals surface area contributed by atoms with Crippen molar-refractivity contribution in [2.24, 2.45) is 11.7 Å². The Hall–Kier alpha value is -1.62. The van der Waals surface area contributed by atoms with E-state index in [9.17, 15) is 4.79 Å². The van der Waals surface area contributed by atoms with Gasteiger partial charge in [0.15, 0.2) is 0 Å². The number of likely N-dealkylation sites (N-methyl/N-ethyl adjacent to an activating group) is 1. The van der Waals surface area contributed by atoms with Crippen molar-refractivity contribution in [3.63, 3.8) is 0 Å². The summed E-state index contributed by atoms with van der Waals surface area (Å²) >= 11 is 0. The summed E-state index contributed by atoms with van der Waals surface area (Å²) in [6, 6.07) is 2.16. The normalized spacial score (nSPS) is 12.8. The van der Waals surface area contributed by atoms with Crippen LogP contribution in [0.25, 0.3) is 0 Å². The van der Waals surface area contributed by atoms with E-state index < -0.39 is 5.91 Å². The van der Waals surface area contributed by atoms with Crippen molar-refractivity contribution in [1.29, 1.82) is 0 Å². The van der Waals surface area contributed by atoms with Crippen LogP contribution in [0.2, 0.25) is 0 Å². The van der Waals surface area contributed by atoms with Crippen molar-refractivity contribution < 1.29 is 4.79 Å². The van der Waals surface area contributed by atoms with Gasteiger partial charge in [-0.1, -0.05) is 13.8 Å². The molecule has 1 amide bonds. The molecule has 0 fully saturated rings. The second-order valence-electron chi connectivity index (χ2n) is 5.81. The van der Waals surface area contributed by atoms with Crippen molar-refractivity contribution in [2.45, 2.75) is 33.7 Å². The minimum atomic E-state index is -0.450. The number of carbonyl (C=O) groups is 1. The summed E-state index contributed by atoms with van der Waals surface area (Å²) in [5, 5.41) is 3.27. The van der Waals surface area contributed by atoms with Crippen molar-refractivity contribution in [3.8, 4) is 0 Å². The molecule has 0 saturated carbocycles. The lowest BCUT2D eigenvalue weighted by Gasteiger charge is -2.28. The SMILES string of the molecule is Cc1cc(C(N)=O)c(NC[C@@H](C(C)C)N(C)C)nc1C. The molecule has 0 aliphatic heterocycles. The zero-order chi connectivity index (χ0) is 15.4. The molecule has 20 heavy (non-hydrogen) atoms. The number of carbonyl (C=O) groups excluding carboxylic acids is 1. The average molecular weight is 278 g/mol. The number of hydrogen-bond acceptors (Lipinski definition) is 4. The number of aryl methyl sites for hydroxylation is 2. The zero-order valence-corrected chi connectivity index (χ0v) is 13.3. The van der Waals surface area contributed by atoms with Gasteiger partial charge in [0.25, 0.3) is 5.91 Å². The van der Waals surface area contributed by atoms with Crippen molar-refractivity contribution in [3.05, 3.63) is 22.9 Å². The third kappa shape index (κ3) is 3.93. The summed E-state index contributed by atoms with van der Waals surface area (Å²) in [5.74, 6) is 0.628. The topological polar surface area (TPSA) is 71.2 Å². The molecule has 5 heteroatoms. The molecule has 1 rings (SSSR count). The Bertz CT molecular complexity index is 475. The van der Waals surface area contributed by atoms with Crippen molar-refractivity contribution >= 4 is 11.7 Å². The lowest BCUT2D eigenvalue weighted by atomic mass is 10.0. The summed E-state index contributed by atoms with van der Waals surface area (Å²) in [7, 11) is 4.10. The van der Waals surface area contributed by atoms with E-state index in [-0.39, 0.29) is 0 Å². The Kier molecular flexibility index (Phi) is 5.51. The molecule has 0 bridgehead atoms. The number of pyridine rings is 1. The predicted octanol–water partition coefficient (Wildman–Crippen LogP) is 1.80. The highest BCUT2D eigenvalue weighted by atomic mass is 16.1. The Morgan fingerprint density at radius 3 is 2.45 bits per heavy atom. The van der Waals surface area contributed by atoms with E-state index in [1.165, 1.54) is 0 Å². The van der Waals surface area contributed by atoms with Crippen LogP contribution in [-0.4, -0.2) is 42.5 Å².